The molecule has 2 aromatic carbocycles. The molecule has 0 amide bonds. The molecule has 2 N–H and O–H groups in total. The van der Waals surface area contributed by atoms with Crippen molar-refractivity contribution in [3.8, 4) is 5.75 Å². The SMILES string of the molecule is COc1ccc(S(=O)(=O)Nc2cccc(C(=O)O)c2)cc1Cl. The van der Waals surface area contributed by atoms with E-state index >= 15 is 0 Å². The average Bonchev–Trinajstić information content (AvgIpc) is 2.47. The van der Waals surface area contributed by atoms with Crippen LogP contribution in [0.1, 0.15) is 10.4 Å². The monoisotopic (exact) mass is 341 g/mol. The molecule has 8 heteroatoms. The quantitative estimate of drug-likeness (QED) is 0.872. The van der Waals surface area contributed by atoms with Crippen LogP contribution in [0, 0.1) is 0 Å². The first-order valence-corrected chi connectivity index (χ1v) is 7.89. The topological polar surface area (TPSA) is 92.7 Å². The summed E-state index contributed by atoms with van der Waals surface area (Å²) in [6, 6.07) is 9.52. The Balaban J connectivity index is 2.33. The third kappa shape index (κ3) is 3.49. The van der Waals surface area contributed by atoms with Crippen molar-refractivity contribution in [2.75, 3.05) is 11.8 Å². The van der Waals surface area contributed by atoms with Crippen LogP contribution >= 0.6 is 11.6 Å². The van der Waals surface area contributed by atoms with Crippen molar-refractivity contribution >= 4 is 33.3 Å². The highest BCUT2D eigenvalue weighted by Crippen LogP contribution is 2.28. The highest BCUT2D eigenvalue weighted by molar-refractivity contribution is 7.92. The summed E-state index contributed by atoms with van der Waals surface area (Å²) >= 11 is 5.91. The van der Waals surface area contributed by atoms with E-state index < -0.39 is 16.0 Å². The molecule has 116 valence electrons. The number of anilines is 1. The number of hydrogen-bond donors (Lipinski definition) is 2. The van der Waals surface area contributed by atoms with E-state index in [0.717, 1.165) is 0 Å². The number of sulfonamides is 1. The summed E-state index contributed by atoms with van der Waals surface area (Å²) < 4.78 is 31.8. The van der Waals surface area contributed by atoms with Gasteiger partial charge in [0.15, 0.2) is 0 Å². The van der Waals surface area contributed by atoms with Crippen LogP contribution in [0.2, 0.25) is 5.02 Å². The number of carbonyl (C=O) groups is 1. The molecule has 0 fully saturated rings. The van der Waals surface area contributed by atoms with E-state index in [0.29, 0.717) is 5.75 Å². The molecular weight excluding hydrogens is 330 g/mol. The van der Waals surface area contributed by atoms with Crippen molar-refractivity contribution in [1.82, 2.24) is 0 Å². The van der Waals surface area contributed by atoms with Gasteiger partial charge in [-0.3, -0.25) is 4.72 Å². The minimum atomic E-state index is -3.89. The lowest BCUT2D eigenvalue weighted by molar-refractivity contribution is 0.0697. The average molecular weight is 342 g/mol. The number of methoxy groups -OCH3 is 1. The number of carboxylic acid groups (broad SMARTS) is 1. The Kier molecular flexibility index (Phi) is 4.58. The first-order valence-electron chi connectivity index (χ1n) is 6.03. The van der Waals surface area contributed by atoms with Gasteiger partial charge in [-0.1, -0.05) is 17.7 Å². The number of benzene rings is 2. The summed E-state index contributed by atoms with van der Waals surface area (Å²) in [5.74, 6) is -0.790. The zero-order chi connectivity index (χ0) is 16.3. The van der Waals surface area contributed by atoms with E-state index in [4.69, 9.17) is 21.4 Å². The number of carboxylic acids is 1. The van der Waals surface area contributed by atoms with Crippen LogP contribution < -0.4 is 9.46 Å². The Morgan fingerprint density at radius 1 is 1.23 bits per heavy atom. The van der Waals surface area contributed by atoms with Crippen LogP contribution in [0.25, 0.3) is 0 Å². The van der Waals surface area contributed by atoms with Crippen molar-refractivity contribution in [2.24, 2.45) is 0 Å². The molecule has 6 nitrogen and oxygen atoms in total. The molecular formula is C14H12ClNO5S. The maximum atomic E-state index is 12.3. The Bertz CT molecular complexity index is 820. The molecule has 22 heavy (non-hydrogen) atoms. The van der Waals surface area contributed by atoms with E-state index in [-0.39, 0.29) is 21.2 Å². The van der Waals surface area contributed by atoms with Gasteiger partial charge >= 0.3 is 5.97 Å². The van der Waals surface area contributed by atoms with Gasteiger partial charge in [0.2, 0.25) is 0 Å². The maximum Gasteiger partial charge on any atom is 0.335 e. The lowest BCUT2D eigenvalue weighted by Crippen LogP contribution is -2.13. The molecule has 0 radical (unpaired) electrons. The van der Waals surface area contributed by atoms with Crippen LogP contribution in [0.5, 0.6) is 5.75 Å². The first kappa shape index (κ1) is 16.1. The van der Waals surface area contributed by atoms with E-state index in [1.807, 2.05) is 0 Å². The Morgan fingerprint density at radius 2 is 1.95 bits per heavy atom. The number of aromatic carboxylic acids is 1. The largest absolute Gasteiger partial charge is 0.495 e. The molecule has 0 saturated carbocycles. The second-order valence-corrected chi connectivity index (χ2v) is 6.38. The van der Waals surface area contributed by atoms with Crippen LogP contribution in [0.4, 0.5) is 5.69 Å². The van der Waals surface area contributed by atoms with E-state index in [1.165, 1.54) is 49.6 Å². The van der Waals surface area contributed by atoms with Crippen molar-refractivity contribution in [2.45, 2.75) is 4.90 Å². The highest BCUT2D eigenvalue weighted by atomic mass is 35.5. The maximum absolute atomic E-state index is 12.3. The van der Waals surface area contributed by atoms with E-state index in [9.17, 15) is 13.2 Å². The molecule has 0 aliphatic rings. The van der Waals surface area contributed by atoms with Crippen LogP contribution in [-0.2, 0) is 10.0 Å². The van der Waals surface area contributed by atoms with Gasteiger partial charge in [0.25, 0.3) is 10.0 Å². The van der Waals surface area contributed by atoms with Crippen LogP contribution in [0.15, 0.2) is 47.4 Å². The molecule has 2 aromatic rings. The van der Waals surface area contributed by atoms with Gasteiger partial charge < -0.3 is 9.84 Å². The summed E-state index contributed by atoms with van der Waals surface area (Å²) in [5.41, 5.74) is 0.125. The minimum Gasteiger partial charge on any atom is -0.495 e. The van der Waals surface area contributed by atoms with Gasteiger partial charge in [-0.05, 0) is 36.4 Å². The molecule has 0 bridgehead atoms. The second kappa shape index (κ2) is 6.25. The van der Waals surface area contributed by atoms with Crippen LogP contribution in [0.3, 0.4) is 0 Å². The highest BCUT2D eigenvalue weighted by Gasteiger charge is 2.17. The minimum absolute atomic E-state index is 0.0204. The van der Waals surface area contributed by atoms with E-state index in [1.54, 1.807) is 0 Å². The fourth-order valence-electron chi connectivity index (χ4n) is 1.74. The van der Waals surface area contributed by atoms with Gasteiger partial charge in [-0.2, -0.15) is 0 Å². The van der Waals surface area contributed by atoms with Crippen molar-refractivity contribution in [3.63, 3.8) is 0 Å². The summed E-state index contributed by atoms with van der Waals surface area (Å²) in [6.07, 6.45) is 0. The first-order chi connectivity index (χ1) is 10.3. The number of nitrogens with one attached hydrogen (secondary N) is 1. The molecule has 0 unspecified atom stereocenters. The summed E-state index contributed by atoms with van der Waals surface area (Å²) in [7, 11) is -2.46. The standard InChI is InChI=1S/C14H12ClNO5S/c1-21-13-6-5-11(8-12(13)15)22(19,20)16-10-4-2-3-9(7-10)14(17)18/h2-8,16H,1H3,(H,17,18). The number of rotatable bonds is 5. The van der Waals surface area contributed by atoms with Gasteiger partial charge in [0, 0.05) is 5.69 Å². The second-order valence-electron chi connectivity index (χ2n) is 4.29. The normalized spacial score (nSPS) is 11.0. The predicted octanol–water partition coefficient (Wildman–Crippen LogP) is 2.85. The van der Waals surface area contributed by atoms with Crippen molar-refractivity contribution in [3.05, 3.63) is 53.1 Å². The zero-order valence-electron chi connectivity index (χ0n) is 11.4. The summed E-state index contributed by atoms with van der Waals surface area (Å²) in [6.45, 7) is 0. The molecule has 0 aliphatic heterocycles. The number of halogens is 1. The zero-order valence-corrected chi connectivity index (χ0v) is 13.0. The van der Waals surface area contributed by atoms with Gasteiger partial charge in [-0.15, -0.1) is 0 Å². The van der Waals surface area contributed by atoms with Crippen molar-refractivity contribution in [1.29, 1.82) is 0 Å². The fraction of sp³-hybridized carbons (Fsp3) is 0.0714. The lowest BCUT2D eigenvalue weighted by Gasteiger charge is -2.10. The smallest absolute Gasteiger partial charge is 0.335 e. The molecule has 2 rings (SSSR count). The van der Waals surface area contributed by atoms with Crippen LogP contribution in [-0.4, -0.2) is 26.6 Å². The third-order valence-electron chi connectivity index (χ3n) is 2.80. The lowest BCUT2D eigenvalue weighted by atomic mass is 10.2. The predicted molar refractivity (Wildman–Crippen MR) is 82.2 cm³/mol. The van der Waals surface area contributed by atoms with Gasteiger partial charge in [0.1, 0.15) is 5.75 Å². The Labute approximate surface area is 132 Å². The molecule has 0 heterocycles. The molecule has 0 spiro atoms. The summed E-state index contributed by atoms with van der Waals surface area (Å²) in [4.78, 5) is 10.8. The Morgan fingerprint density at radius 3 is 2.55 bits per heavy atom. The molecule has 0 aliphatic carbocycles. The fourth-order valence-corrected chi connectivity index (χ4v) is 3.14. The van der Waals surface area contributed by atoms with Gasteiger partial charge in [0.05, 0.1) is 22.6 Å². The third-order valence-corrected chi connectivity index (χ3v) is 4.47. The van der Waals surface area contributed by atoms with Crippen molar-refractivity contribution < 1.29 is 23.1 Å². The van der Waals surface area contributed by atoms with E-state index in [2.05, 4.69) is 4.72 Å². The van der Waals surface area contributed by atoms with Gasteiger partial charge in [-0.25, -0.2) is 13.2 Å². The Hall–Kier alpha value is -2.25. The molecule has 0 saturated heterocycles. The number of ether oxygens (including phenoxy) is 1. The molecule has 0 aromatic heterocycles. The number of hydrogen-bond acceptors (Lipinski definition) is 4. The summed E-state index contributed by atoms with van der Waals surface area (Å²) in [5, 5.41) is 9.07. The molecule has 0 atom stereocenters.